The summed E-state index contributed by atoms with van der Waals surface area (Å²) in [6.45, 7) is 4.40. The van der Waals surface area contributed by atoms with Crippen molar-refractivity contribution in [3.8, 4) is 0 Å². The number of aryl methyl sites for hydroxylation is 1. The molecular formula is C16H22N2O2. The van der Waals surface area contributed by atoms with Crippen LogP contribution in [-0.4, -0.2) is 29.1 Å². The molecule has 1 aliphatic rings. The molecule has 0 unspecified atom stereocenters. The zero-order valence-corrected chi connectivity index (χ0v) is 11.9. The number of para-hydroxylation sites is 2. The summed E-state index contributed by atoms with van der Waals surface area (Å²) in [7, 11) is 0. The van der Waals surface area contributed by atoms with Gasteiger partial charge in [0.25, 0.3) is 0 Å². The first kappa shape index (κ1) is 13.4. The molecule has 0 N–H and O–H groups in total. The minimum Gasteiger partial charge on any atom is -0.408 e. The van der Waals surface area contributed by atoms with E-state index in [1.54, 1.807) is 4.57 Å². The third-order valence-corrected chi connectivity index (χ3v) is 4.13. The number of oxazole rings is 1. The summed E-state index contributed by atoms with van der Waals surface area (Å²) in [5, 5.41) is 0. The van der Waals surface area contributed by atoms with Gasteiger partial charge in [-0.15, -0.1) is 0 Å². The number of aromatic nitrogens is 1. The fraction of sp³-hybridized carbons (Fsp3) is 0.562. The van der Waals surface area contributed by atoms with Gasteiger partial charge in [-0.2, -0.15) is 0 Å². The number of likely N-dealkylation sites (tertiary alicyclic amines) is 1. The van der Waals surface area contributed by atoms with E-state index in [-0.39, 0.29) is 5.76 Å². The van der Waals surface area contributed by atoms with Gasteiger partial charge in [0.05, 0.1) is 5.52 Å². The standard InChI is InChI=1S/C16H22N2O2/c19-16-18(14-8-2-3-9-15(14)20-16)13-7-6-12-17-10-4-1-5-11-17/h2-3,8-9H,1,4-7,10-13H2. The van der Waals surface area contributed by atoms with Gasteiger partial charge in [0.1, 0.15) is 0 Å². The van der Waals surface area contributed by atoms with Crippen molar-refractivity contribution in [2.45, 2.75) is 38.6 Å². The van der Waals surface area contributed by atoms with Crippen LogP contribution in [0.3, 0.4) is 0 Å². The molecule has 1 saturated heterocycles. The van der Waals surface area contributed by atoms with Crippen molar-refractivity contribution < 1.29 is 4.42 Å². The van der Waals surface area contributed by atoms with E-state index in [0.717, 1.165) is 31.4 Å². The largest absolute Gasteiger partial charge is 0.419 e. The predicted molar refractivity (Wildman–Crippen MR) is 80.0 cm³/mol. The van der Waals surface area contributed by atoms with Gasteiger partial charge in [-0.1, -0.05) is 18.6 Å². The van der Waals surface area contributed by atoms with Gasteiger partial charge in [0.15, 0.2) is 5.58 Å². The summed E-state index contributed by atoms with van der Waals surface area (Å²) in [5.41, 5.74) is 1.60. The van der Waals surface area contributed by atoms with Gasteiger partial charge in [0, 0.05) is 6.54 Å². The number of unbranched alkanes of at least 4 members (excludes halogenated alkanes) is 1. The Morgan fingerprint density at radius 1 is 1.00 bits per heavy atom. The van der Waals surface area contributed by atoms with E-state index in [0.29, 0.717) is 5.58 Å². The number of hydrogen-bond acceptors (Lipinski definition) is 3. The highest BCUT2D eigenvalue weighted by atomic mass is 16.4. The quantitative estimate of drug-likeness (QED) is 0.787. The number of fused-ring (bicyclic) bond motifs is 1. The first-order valence-electron chi connectivity index (χ1n) is 7.65. The SMILES string of the molecule is O=c1oc2ccccc2n1CCCCN1CCCCC1. The molecule has 0 aliphatic carbocycles. The van der Waals surface area contributed by atoms with Crippen LogP contribution in [0, 0.1) is 0 Å². The zero-order chi connectivity index (χ0) is 13.8. The average Bonchev–Trinajstić information content (AvgIpc) is 2.80. The second-order valence-corrected chi connectivity index (χ2v) is 5.60. The van der Waals surface area contributed by atoms with Gasteiger partial charge in [-0.25, -0.2) is 4.79 Å². The zero-order valence-electron chi connectivity index (χ0n) is 11.9. The van der Waals surface area contributed by atoms with Crippen LogP contribution in [0.4, 0.5) is 0 Å². The summed E-state index contributed by atoms with van der Waals surface area (Å²) < 4.78 is 7.00. The van der Waals surface area contributed by atoms with E-state index in [4.69, 9.17) is 4.42 Å². The van der Waals surface area contributed by atoms with Crippen molar-refractivity contribution in [2.75, 3.05) is 19.6 Å². The van der Waals surface area contributed by atoms with Crippen molar-refractivity contribution in [3.63, 3.8) is 0 Å². The van der Waals surface area contributed by atoms with E-state index < -0.39 is 0 Å². The minimum absolute atomic E-state index is 0.232. The van der Waals surface area contributed by atoms with Crippen molar-refractivity contribution in [2.24, 2.45) is 0 Å². The molecular weight excluding hydrogens is 252 g/mol. The van der Waals surface area contributed by atoms with E-state index >= 15 is 0 Å². The van der Waals surface area contributed by atoms with E-state index in [9.17, 15) is 4.79 Å². The van der Waals surface area contributed by atoms with Crippen molar-refractivity contribution in [1.82, 2.24) is 9.47 Å². The molecule has 2 aromatic rings. The number of piperidine rings is 1. The Labute approximate surface area is 119 Å². The molecule has 20 heavy (non-hydrogen) atoms. The second-order valence-electron chi connectivity index (χ2n) is 5.60. The molecule has 0 atom stereocenters. The van der Waals surface area contributed by atoms with Gasteiger partial charge in [-0.05, 0) is 57.5 Å². The highest BCUT2D eigenvalue weighted by molar-refractivity contribution is 5.72. The molecule has 4 heteroatoms. The van der Waals surface area contributed by atoms with Crippen LogP contribution in [0.25, 0.3) is 11.1 Å². The molecule has 0 amide bonds. The van der Waals surface area contributed by atoms with Crippen LogP contribution in [0.1, 0.15) is 32.1 Å². The number of benzene rings is 1. The molecule has 0 spiro atoms. The molecule has 1 aliphatic heterocycles. The van der Waals surface area contributed by atoms with Crippen LogP contribution in [0.15, 0.2) is 33.5 Å². The third kappa shape index (κ3) is 2.96. The third-order valence-electron chi connectivity index (χ3n) is 4.13. The number of rotatable bonds is 5. The van der Waals surface area contributed by atoms with Crippen LogP contribution in [0.5, 0.6) is 0 Å². The first-order valence-corrected chi connectivity index (χ1v) is 7.65. The highest BCUT2D eigenvalue weighted by Gasteiger charge is 2.10. The molecule has 0 radical (unpaired) electrons. The van der Waals surface area contributed by atoms with Crippen LogP contribution < -0.4 is 5.76 Å². The van der Waals surface area contributed by atoms with Gasteiger partial charge in [-0.3, -0.25) is 4.57 Å². The van der Waals surface area contributed by atoms with E-state index in [1.807, 2.05) is 24.3 Å². The average molecular weight is 274 g/mol. The molecule has 0 saturated carbocycles. The lowest BCUT2D eigenvalue weighted by molar-refractivity contribution is 0.223. The maximum atomic E-state index is 11.8. The lowest BCUT2D eigenvalue weighted by Crippen LogP contribution is -2.30. The molecule has 1 aromatic carbocycles. The van der Waals surface area contributed by atoms with Crippen LogP contribution in [0.2, 0.25) is 0 Å². The van der Waals surface area contributed by atoms with Crippen molar-refractivity contribution in [1.29, 1.82) is 0 Å². The summed E-state index contributed by atoms with van der Waals surface area (Å²) in [4.78, 5) is 14.4. The molecule has 1 aromatic heterocycles. The fourth-order valence-corrected chi connectivity index (χ4v) is 3.01. The maximum absolute atomic E-state index is 11.8. The van der Waals surface area contributed by atoms with Gasteiger partial charge >= 0.3 is 5.76 Å². The minimum atomic E-state index is -0.232. The summed E-state index contributed by atoms with van der Waals surface area (Å²) in [6, 6.07) is 7.64. The molecule has 0 bridgehead atoms. The normalized spacial score (nSPS) is 16.8. The van der Waals surface area contributed by atoms with Crippen LogP contribution >= 0.6 is 0 Å². The van der Waals surface area contributed by atoms with E-state index in [1.165, 1.54) is 32.4 Å². The molecule has 3 rings (SSSR count). The molecule has 1 fully saturated rings. The number of hydrogen-bond donors (Lipinski definition) is 0. The second kappa shape index (κ2) is 6.27. The smallest absolute Gasteiger partial charge is 0.408 e. The highest BCUT2D eigenvalue weighted by Crippen LogP contribution is 2.13. The first-order chi connectivity index (χ1) is 9.84. The molecule has 4 nitrogen and oxygen atoms in total. The Morgan fingerprint density at radius 2 is 1.75 bits per heavy atom. The van der Waals surface area contributed by atoms with Crippen LogP contribution in [-0.2, 0) is 6.54 Å². The van der Waals surface area contributed by atoms with E-state index in [2.05, 4.69) is 4.90 Å². The fourth-order valence-electron chi connectivity index (χ4n) is 3.01. The summed E-state index contributed by atoms with van der Waals surface area (Å²) >= 11 is 0. The Balaban J connectivity index is 1.54. The van der Waals surface area contributed by atoms with Gasteiger partial charge in [0.2, 0.25) is 0 Å². The Morgan fingerprint density at radius 3 is 2.60 bits per heavy atom. The van der Waals surface area contributed by atoms with Crippen molar-refractivity contribution in [3.05, 3.63) is 34.8 Å². The Hall–Kier alpha value is -1.55. The maximum Gasteiger partial charge on any atom is 0.419 e. The summed E-state index contributed by atoms with van der Waals surface area (Å²) in [5.74, 6) is -0.232. The lowest BCUT2D eigenvalue weighted by atomic mass is 10.1. The van der Waals surface area contributed by atoms with Crippen molar-refractivity contribution >= 4 is 11.1 Å². The topological polar surface area (TPSA) is 38.4 Å². The predicted octanol–water partition coefficient (Wildman–Crippen LogP) is 2.86. The Bertz CT molecular complexity index is 608. The van der Waals surface area contributed by atoms with Gasteiger partial charge < -0.3 is 9.32 Å². The number of nitrogens with zero attached hydrogens (tertiary/aromatic N) is 2. The lowest BCUT2D eigenvalue weighted by Gasteiger charge is -2.26. The summed E-state index contributed by atoms with van der Waals surface area (Å²) in [6.07, 6.45) is 6.23. The Kier molecular flexibility index (Phi) is 4.21. The molecule has 2 heterocycles. The monoisotopic (exact) mass is 274 g/mol. The molecule has 108 valence electrons.